The fraction of sp³-hybridized carbons (Fsp3) is 0.250. The molecular weight excluding hydrogens is 459 g/mol. The summed E-state index contributed by atoms with van der Waals surface area (Å²) in [6, 6.07) is 27.7. The number of pyridine rings is 2. The van der Waals surface area contributed by atoms with Gasteiger partial charge in [-0.1, -0.05) is 84.0 Å². The largest absolute Gasteiger partial charge is 0.464 e. The summed E-state index contributed by atoms with van der Waals surface area (Å²) in [7, 11) is -1.25. The zero-order valence-electron chi connectivity index (χ0n) is 21.9. The first-order valence-electron chi connectivity index (χ1n) is 12.4. The maximum absolute atomic E-state index is 7.06. The second-order valence-corrected chi connectivity index (χ2v) is 13.1. The van der Waals surface area contributed by atoms with Gasteiger partial charge in [0.15, 0.2) is 8.15 Å². The standard InChI is InChI=1S/C32H33N2OP/c1-31(2,3)24-19-25(32(4,5)6)21-26(20-24)35-36(27-15-7-11-22-13-9-17-33-29(22)27)28-16-8-12-23-14-10-18-34-30(23)28/h7-21H,1-6H3. The van der Waals surface area contributed by atoms with Crippen molar-refractivity contribution in [3.05, 3.63) is 102 Å². The highest BCUT2D eigenvalue weighted by Gasteiger charge is 2.26. The number of para-hydroxylation sites is 2. The average molecular weight is 493 g/mol. The maximum atomic E-state index is 7.06. The Labute approximate surface area is 215 Å². The van der Waals surface area contributed by atoms with Crippen LogP contribution in [0.4, 0.5) is 0 Å². The van der Waals surface area contributed by atoms with Crippen LogP contribution in [0.3, 0.4) is 0 Å². The maximum Gasteiger partial charge on any atom is 0.155 e. The van der Waals surface area contributed by atoms with Crippen LogP contribution < -0.4 is 15.1 Å². The van der Waals surface area contributed by atoms with Gasteiger partial charge in [0.2, 0.25) is 0 Å². The van der Waals surface area contributed by atoms with Crippen LogP contribution >= 0.6 is 8.15 Å². The lowest BCUT2D eigenvalue weighted by Gasteiger charge is -2.28. The Balaban J connectivity index is 1.75. The van der Waals surface area contributed by atoms with E-state index >= 15 is 0 Å². The third-order valence-corrected chi connectivity index (χ3v) is 8.49. The van der Waals surface area contributed by atoms with Gasteiger partial charge in [-0.25, -0.2) is 0 Å². The summed E-state index contributed by atoms with van der Waals surface area (Å²) in [6.07, 6.45) is 3.72. The first kappa shape index (κ1) is 24.4. The predicted octanol–water partition coefficient (Wildman–Crippen LogP) is 7.80. The molecule has 3 nitrogen and oxygen atoms in total. The molecule has 5 aromatic rings. The molecule has 5 rings (SSSR count). The first-order valence-corrected chi connectivity index (χ1v) is 13.7. The number of hydrogen-bond donors (Lipinski definition) is 0. The minimum Gasteiger partial charge on any atom is -0.464 e. The molecule has 0 radical (unpaired) electrons. The molecule has 0 bridgehead atoms. The molecule has 2 heterocycles. The van der Waals surface area contributed by atoms with Gasteiger partial charge >= 0.3 is 0 Å². The molecule has 2 aromatic heterocycles. The Kier molecular flexibility index (Phi) is 6.30. The van der Waals surface area contributed by atoms with Gasteiger partial charge in [0, 0.05) is 33.8 Å². The monoisotopic (exact) mass is 492 g/mol. The quantitative estimate of drug-likeness (QED) is 0.240. The van der Waals surface area contributed by atoms with Crippen molar-refractivity contribution in [2.75, 3.05) is 0 Å². The Morgan fingerprint density at radius 2 is 1.03 bits per heavy atom. The lowest BCUT2D eigenvalue weighted by atomic mass is 9.80. The van der Waals surface area contributed by atoms with Gasteiger partial charge in [-0.15, -0.1) is 0 Å². The molecule has 0 fully saturated rings. The molecule has 0 spiro atoms. The van der Waals surface area contributed by atoms with E-state index in [4.69, 9.17) is 14.5 Å². The molecule has 3 aromatic carbocycles. The van der Waals surface area contributed by atoms with Crippen LogP contribution in [-0.4, -0.2) is 9.97 Å². The number of benzene rings is 3. The molecule has 0 N–H and O–H groups in total. The number of nitrogens with zero attached hydrogens (tertiary/aromatic N) is 2. The normalized spacial score (nSPS) is 12.4. The number of hydrogen-bond acceptors (Lipinski definition) is 3. The molecule has 0 amide bonds. The number of rotatable bonds is 4. The summed E-state index contributed by atoms with van der Waals surface area (Å²) in [5.74, 6) is 0.888. The van der Waals surface area contributed by atoms with Crippen molar-refractivity contribution in [1.82, 2.24) is 9.97 Å². The average Bonchev–Trinajstić information content (AvgIpc) is 2.85. The predicted molar refractivity (Wildman–Crippen MR) is 154 cm³/mol. The van der Waals surface area contributed by atoms with E-state index in [1.807, 2.05) is 24.5 Å². The molecule has 0 unspecified atom stereocenters. The molecule has 0 saturated heterocycles. The van der Waals surface area contributed by atoms with Gasteiger partial charge in [0.05, 0.1) is 11.0 Å². The zero-order valence-corrected chi connectivity index (χ0v) is 22.8. The van der Waals surface area contributed by atoms with Gasteiger partial charge in [0.1, 0.15) is 5.75 Å². The second-order valence-electron chi connectivity index (χ2n) is 11.3. The Hall–Kier alpha value is -3.29. The van der Waals surface area contributed by atoms with E-state index in [9.17, 15) is 0 Å². The van der Waals surface area contributed by atoms with Gasteiger partial charge < -0.3 is 4.52 Å². The van der Waals surface area contributed by atoms with E-state index in [1.54, 1.807) is 0 Å². The van der Waals surface area contributed by atoms with Crippen LogP contribution in [0.25, 0.3) is 21.8 Å². The Morgan fingerprint density at radius 1 is 0.583 bits per heavy atom. The van der Waals surface area contributed by atoms with Gasteiger partial charge in [-0.2, -0.15) is 0 Å². The van der Waals surface area contributed by atoms with Gasteiger partial charge in [0.25, 0.3) is 0 Å². The van der Waals surface area contributed by atoms with Crippen molar-refractivity contribution >= 4 is 40.6 Å². The van der Waals surface area contributed by atoms with Gasteiger partial charge in [-0.05, 0) is 58.4 Å². The smallest absolute Gasteiger partial charge is 0.155 e. The molecule has 0 aliphatic heterocycles. The van der Waals surface area contributed by atoms with E-state index in [-0.39, 0.29) is 10.8 Å². The molecule has 0 saturated carbocycles. The van der Waals surface area contributed by atoms with Crippen LogP contribution in [0.2, 0.25) is 0 Å². The Bertz CT molecular complexity index is 1420. The molecule has 0 aliphatic carbocycles. The van der Waals surface area contributed by atoms with Crippen molar-refractivity contribution in [2.24, 2.45) is 0 Å². The van der Waals surface area contributed by atoms with Crippen LogP contribution in [0, 0.1) is 0 Å². The summed E-state index contributed by atoms with van der Waals surface area (Å²) >= 11 is 0. The minimum atomic E-state index is -1.25. The number of fused-ring (bicyclic) bond motifs is 2. The molecule has 0 atom stereocenters. The van der Waals surface area contributed by atoms with E-state index in [0.29, 0.717) is 0 Å². The van der Waals surface area contributed by atoms with E-state index in [1.165, 1.54) is 11.1 Å². The van der Waals surface area contributed by atoms with Crippen LogP contribution in [0.5, 0.6) is 5.75 Å². The van der Waals surface area contributed by atoms with Crippen LogP contribution in [0.1, 0.15) is 52.7 Å². The fourth-order valence-electron chi connectivity index (χ4n) is 4.36. The molecular formula is C32H33N2OP. The van der Waals surface area contributed by atoms with E-state index in [0.717, 1.165) is 38.2 Å². The van der Waals surface area contributed by atoms with Crippen LogP contribution in [0.15, 0.2) is 91.3 Å². The summed E-state index contributed by atoms with van der Waals surface area (Å²) in [4.78, 5) is 9.56. The minimum absolute atomic E-state index is 0.00409. The summed E-state index contributed by atoms with van der Waals surface area (Å²) in [5, 5.41) is 4.41. The highest BCUT2D eigenvalue weighted by Crippen LogP contribution is 2.42. The molecule has 182 valence electrons. The van der Waals surface area contributed by atoms with Crippen molar-refractivity contribution < 1.29 is 4.52 Å². The lowest BCUT2D eigenvalue weighted by Crippen LogP contribution is -2.20. The lowest BCUT2D eigenvalue weighted by molar-refractivity contribution is 0.554. The highest BCUT2D eigenvalue weighted by molar-refractivity contribution is 7.69. The molecule has 0 aliphatic rings. The van der Waals surface area contributed by atoms with Crippen molar-refractivity contribution in [1.29, 1.82) is 0 Å². The summed E-state index contributed by atoms with van der Waals surface area (Å²) < 4.78 is 7.06. The topological polar surface area (TPSA) is 35.0 Å². The van der Waals surface area contributed by atoms with Crippen LogP contribution in [-0.2, 0) is 10.8 Å². The van der Waals surface area contributed by atoms with Crippen molar-refractivity contribution in [3.8, 4) is 5.75 Å². The van der Waals surface area contributed by atoms with Crippen molar-refractivity contribution in [3.63, 3.8) is 0 Å². The zero-order chi connectivity index (χ0) is 25.5. The molecule has 36 heavy (non-hydrogen) atoms. The van der Waals surface area contributed by atoms with E-state index in [2.05, 4.69) is 108 Å². The third kappa shape index (κ3) is 4.86. The highest BCUT2D eigenvalue weighted by atomic mass is 31.1. The van der Waals surface area contributed by atoms with Crippen molar-refractivity contribution in [2.45, 2.75) is 52.4 Å². The second kappa shape index (κ2) is 9.30. The van der Waals surface area contributed by atoms with E-state index < -0.39 is 8.15 Å². The van der Waals surface area contributed by atoms with Gasteiger partial charge in [-0.3, -0.25) is 9.97 Å². The SMILES string of the molecule is CC(C)(C)c1cc(OP(c2cccc3cccnc23)c2cccc3cccnc23)cc(C(C)(C)C)c1. The summed E-state index contributed by atoms with van der Waals surface area (Å²) in [6.45, 7) is 13.5. The fourth-order valence-corrected chi connectivity index (χ4v) is 6.33. The third-order valence-electron chi connectivity index (χ3n) is 6.50. The number of aromatic nitrogens is 2. The summed E-state index contributed by atoms with van der Waals surface area (Å²) in [5.41, 5.74) is 4.50. The Morgan fingerprint density at radius 3 is 1.47 bits per heavy atom. The first-order chi connectivity index (χ1) is 17.1. The molecule has 4 heteroatoms.